The van der Waals surface area contributed by atoms with Crippen molar-refractivity contribution in [2.45, 2.75) is 12.6 Å². The van der Waals surface area contributed by atoms with Crippen LogP contribution in [0, 0.1) is 0 Å². The molecule has 0 radical (unpaired) electrons. The number of hydrogen-bond acceptors (Lipinski definition) is 3. The molecule has 1 aliphatic heterocycles. The predicted octanol–water partition coefficient (Wildman–Crippen LogP) is 0.696. The molecule has 0 spiro atoms. The van der Waals surface area contributed by atoms with Crippen LogP contribution in [0.5, 0.6) is 0 Å². The molecule has 6 heteroatoms. The molecule has 1 aromatic heterocycles. The van der Waals surface area contributed by atoms with Gasteiger partial charge in [0.15, 0.2) is 0 Å². The maximum atomic E-state index is 13.0. The van der Waals surface area contributed by atoms with Gasteiger partial charge >= 0.3 is 0 Å². The van der Waals surface area contributed by atoms with E-state index in [1.807, 2.05) is 53.2 Å². The van der Waals surface area contributed by atoms with Gasteiger partial charge in [-0.05, 0) is 17.7 Å². The molecular formula is C18H22N4O2. The predicted molar refractivity (Wildman–Crippen MR) is 91.7 cm³/mol. The summed E-state index contributed by atoms with van der Waals surface area (Å²) in [5, 5.41) is 5.81. The average molecular weight is 326 g/mol. The lowest BCUT2D eigenvalue weighted by molar-refractivity contribution is -0.125. The summed E-state index contributed by atoms with van der Waals surface area (Å²) in [6.07, 6.45) is 1.90. The molecule has 2 aromatic rings. The SMILES string of the molecule is CNC(=O)C1CNCCN1C(=O)c1cccn1Cc1ccccc1. The van der Waals surface area contributed by atoms with Gasteiger partial charge in [0, 0.05) is 39.4 Å². The van der Waals surface area contributed by atoms with Crippen LogP contribution in [-0.4, -0.2) is 54.0 Å². The Kier molecular flexibility index (Phi) is 4.96. The van der Waals surface area contributed by atoms with E-state index in [0.717, 1.165) is 5.56 Å². The molecule has 2 amide bonds. The first-order valence-corrected chi connectivity index (χ1v) is 8.13. The Labute approximate surface area is 141 Å². The largest absolute Gasteiger partial charge is 0.357 e. The summed E-state index contributed by atoms with van der Waals surface area (Å²) in [5.74, 6) is -0.247. The molecule has 6 nitrogen and oxygen atoms in total. The molecule has 126 valence electrons. The number of likely N-dealkylation sites (N-methyl/N-ethyl adjacent to an activating group) is 1. The molecule has 3 rings (SSSR count). The summed E-state index contributed by atoms with van der Waals surface area (Å²) >= 11 is 0. The smallest absolute Gasteiger partial charge is 0.271 e. The minimum atomic E-state index is -0.476. The standard InChI is InChI=1S/C18H22N4O2/c1-19-17(23)16-12-20-9-11-22(16)18(24)15-8-5-10-21(15)13-14-6-3-2-4-7-14/h2-8,10,16,20H,9,11-13H2,1H3,(H,19,23). The van der Waals surface area contributed by atoms with E-state index in [-0.39, 0.29) is 11.8 Å². The Morgan fingerprint density at radius 2 is 2.00 bits per heavy atom. The fourth-order valence-electron chi connectivity index (χ4n) is 3.02. The van der Waals surface area contributed by atoms with E-state index in [1.165, 1.54) is 0 Å². The van der Waals surface area contributed by atoms with E-state index in [4.69, 9.17) is 0 Å². The number of hydrogen-bond donors (Lipinski definition) is 2. The van der Waals surface area contributed by atoms with Gasteiger partial charge in [-0.3, -0.25) is 9.59 Å². The Morgan fingerprint density at radius 3 is 2.75 bits per heavy atom. The number of rotatable bonds is 4. The van der Waals surface area contributed by atoms with Crippen molar-refractivity contribution in [1.82, 2.24) is 20.1 Å². The number of carbonyl (C=O) groups is 2. The fourth-order valence-corrected chi connectivity index (χ4v) is 3.02. The third-order valence-corrected chi connectivity index (χ3v) is 4.30. The van der Waals surface area contributed by atoms with Crippen molar-refractivity contribution in [3.05, 3.63) is 59.9 Å². The normalized spacial score (nSPS) is 17.5. The number of piperazine rings is 1. The van der Waals surface area contributed by atoms with Gasteiger partial charge in [-0.25, -0.2) is 0 Å². The van der Waals surface area contributed by atoms with Gasteiger partial charge in [-0.15, -0.1) is 0 Å². The molecular weight excluding hydrogens is 304 g/mol. The number of amides is 2. The second kappa shape index (κ2) is 7.31. The highest BCUT2D eigenvalue weighted by molar-refractivity contribution is 5.96. The molecule has 1 fully saturated rings. The molecule has 0 saturated carbocycles. The first-order chi connectivity index (χ1) is 11.7. The van der Waals surface area contributed by atoms with Crippen LogP contribution in [0.1, 0.15) is 16.1 Å². The van der Waals surface area contributed by atoms with E-state index in [0.29, 0.717) is 31.9 Å². The van der Waals surface area contributed by atoms with Gasteiger partial charge in [0.05, 0.1) is 0 Å². The van der Waals surface area contributed by atoms with Crippen molar-refractivity contribution >= 4 is 11.8 Å². The number of aromatic nitrogens is 1. The average Bonchev–Trinajstić information content (AvgIpc) is 3.09. The Bertz CT molecular complexity index is 711. The summed E-state index contributed by atoms with van der Waals surface area (Å²) in [5.41, 5.74) is 1.74. The lowest BCUT2D eigenvalue weighted by Crippen LogP contribution is -2.59. The molecule has 1 aromatic carbocycles. The zero-order chi connectivity index (χ0) is 16.9. The molecule has 1 aliphatic rings. The van der Waals surface area contributed by atoms with Crippen LogP contribution in [0.4, 0.5) is 0 Å². The number of nitrogens with one attached hydrogen (secondary N) is 2. The summed E-state index contributed by atoms with van der Waals surface area (Å²) in [6, 6.07) is 13.2. The first-order valence-electron chi connectivity index (χ1n) is 8.13. The van der Waals surface area contributed by atoms with Gasteiger partial charge < -0.3 is 20.1 Å². The summed E-state index contributed by atoms with van der Waals surface area (Å²) in [7, 11) is 1.59. The molecule has 2 N–H and O–H groups in total. The van der Waals surface area contributed by atoms with Crippen molar-refractivity contribution in [1.29, 1.82) is 0 Å². The zero-order valence-corrected chi connectivity index (χ0v) is 13.7. The van der Waals surface area contributed by atoms with Crippen molar-refractivity contribution in [3.8, 4) is 0 Å². The molecule has 1 atom stereocenters. The molecule has 0 bridgehead atoms. The van der Waals surface area contributed by atoms with Crippen LogP contribution in [0.2, 0.25) is 0 Å². The molecule has 2 heterocycles. The Balaban J connectivity index is 1.82. The van der Waals surface area contributed by atoms with Gasteiger partial charge in [-0.1, -0.05) is 30.3 Å². The van der Waals surface area contributed by atoms with Crippen LogP contribution in [0.25, 0.3) is 0 Å². The van der Waals surface area contributed by atoms with Crippen LogP contribution in [0.3, 0.4) is 0 Å². The van der Waals surface area contributed by atoms with Crippen LogP contribution in [-0.2, 0) is 11.3 Å². The van der Waals surface area contributed by atoms with Gasteiger partial charge in [0.25, 0.3) is 5.91 Å². The van der Waals surface area contributed by atoms with Crippen molar-refractivity contribution < 1.29 is 9.59 Å². The third kappa shape index (κ3) is 3.33. The lowest BCUT2D eigenvalue weighted by Gasteiger charge is -2.35. The maximum Gasteiger partial charge on any atom is 0.271 e. The van der Waals surface area contributed by atoms with Crippen molar-refractivity contribution in [3.63, 3.8) is 0 Å². The van der Waals surface area contributed by atoms with Crippen molar-refractivity contribution in [2.24, 2.45) is 0 Å². The van der Waals surface area contributed by atoms with E-state index < -0.39 is 6.04 Å². The van der Waals surface area contributed by atoms with Crippen LogP contribution >= 0.6 is 0 Å². The van der Waals surface area contributed by atoms with E-state index in [9.17, 15) is 9.59 Å². The summed E-state index contributed by atoms with van der Waals surface area (Å²) < 4.78 is 1.93. The number of nitrogens with zero attached hydrogens (tertiary/aromatic N) is 2. The zero-order valence-electron chi connectivity index (χ0n) is 13.7. The highest BCUT2D eigenvalue weighted by atomic mass is 16.2. The van der Waals surface area contributed by atoms with E-state index in [1.54, 1.807) is 11.9 Å². The number of benzene rings is 1. The third-order valence-electron chi connectivity index (χ3n) is 4.30. The fraction of sp³-hybridized carbons (Fsp3) is 0.333. The Hall–Kier alpha value is -2.60. The number of carbonyl (C=O) groups excluding carboxylic acids is 2. The van der Waals surface area contributed by atoms with Gasteiger partial charge in [0.1, 0.15) is 11.7 Å². The molecule has 24 heavy (non-hydrogen) atoms. The molecule has 0 aliphatic carbocycles. The monoisotopic (exact) mass is 326 g/mol. The van der Waals surface area contributed by atoms with Crippen molar-refractivity contribution in [2.75, 3.05) is 26.7 Å². The summed E-state index contributed by atoms with van der Waals surface area (Å²) in [6.45, 7) is 2.32. The highest BCUT2D eigenvalue weighted by Crippen LogP contribution is 2.14. The topological polar surface area (TPSA) is 66.4 Å². The highest BCUT2D eigenvalue weighted by Gasteiger charge is 2.33. The first kappa shape index (κ1) is 16.3. The minimum Gasteiger partial charge on any atom is -0.357 e. The Morgan fingerprint density at radius 1 is 1.21 bits per heavy atom. The maximum absolute atomic E-state index is 13.0. The van der Waals surface area contributed by atoms with E-state index in [2.05, 4.69) is 10.6 Å². The van der Waals surface area contributed by atoms with Gasteiger partial charge in [0.2, 0.25) is 5.91 Å². The van der Waals surface area contributed by atoms with Crippen LogP contribution < -0.4 is 10.6 Å². The summed E-state index contributed by atoms with van der Waals surface area (Å²) in [4.78, 5) is 26.7. The molecule has 1 unspecified atom stereocenters. The molecule has 1 saturated heterocycles. The van der Waals surface area contributed by atoms with E-state index >= 15 is 0 Å². The minimum absolute atomic E-state index is 0.106. The quantitative estimate of drug-likeness (QED) is 0.869. The second-order valence-corrected chi connectivity index (χ2v) is 5.84. The van der Waals surface area contributed by atoms with Crippen LogP contribution in [0.15, 0.2) is 48.7 Å². The lowest BCUT2D eigenvalue weighted by atomic mass is 10.1. The van der Waals surface area contributed by atoms with Gasteiger partial charge in [-0.2, -0.15) is 0 Å². The second-order valence-electron chi connectivity index (χ2n) is 5.84.